The van der Waals surface area contributed by atoms with Crippen LogP contribution in [0.2, 0.25) is 0 Å². The van der Waals surface area contributed by atoms with Crippen LogP contribution in [0.3, 0.4) is 0 Å². The molecule has 1 aliphatic carbocycles. The van der Waals surface area contributed by atoms with Crippen molar-refractivity contribution in [3.8, 4) is 0 Å². The highest BCUT2D eigenvalue weighted by atomic mass is 16.5. The molecule has 3 nitrogen and oxygen atoms in total. The molecule has 94 valence electrons. The molecule has 0 aromatic carbocycles. The third kappa shape index (κ3) is 4.52. The quantitative estimate of drug-likeness (QED) is 0.496. The lowest BCUT2D eigenvalue weighted by Crippen LogP contribution is -2.22. The van der Waals surface area contributed by atoms with Gasteiger partial charge in [-0.05, 0) is 25.2 Å². The summed E-state index contributed by atoms with van der Waals surface area (Å²) in [6.07, 6.45) is 7.79. The van der Waals surface area contributed by atoms with Crippen molar-refractivity contribution >= 4 is 5.97 Å². The molecule has 0 aromatic rings. The van der Waals surface area contributed by atoms with Crippen molar-refractivity contribution in [3.63, 3.8) is 0 Å². The molecule has 16 heavy (non-hydrogen) atoms. The molecule has 0 spiro atoms. The van der Waals surface area contributed by atoms with E-state index in [2.05, 4.69) is 6.92 Å². The molecule has 2 atom stereocenters. The van der Waals surface area contributed by atoms with Gasteiger partial charge in [0.05, 0.1) is 19.6 Å². The van der Waals surface area contributed by atoms with Crippen molar-refractivity contribution in [2.24, 2.45) is 5.92 Å². The first kappa shape index (κ1) is 13.5. The predicted molar refractivity (Wildman–Crippen MR) is 63.2 cm³/mol. The summed E-state index contributed by atoms with van der Waals surface area (Å²) in [7, 11) is 1.45. The van der Waals surface area contributed by atoms with E-state index in [-0.39, 0.29) is 12.1 Å². The van der Waals surface area contributed by atoms with Gasteiger partial charge in [-0.15, -0.1) is 0 Å². The van der Waals surface area contributed by atoms with Crippen molar-refractivity contribution in [1.29, 1.82) is 0 Å². The molecule has 1 fully saturated rings. The van der Waals surface area contributed by atoms with E-state index in [1.165, 1.54) is 26.4 Å². The lowest BCUT2D eigenvalue weighted by Gasteiger charge is -2.19. The molecule has 0 aromatic heterocycles. The van der Waals surface area contributed by atoms with Crippen LogP contribution in [0.1, 0.15) is 51.9 Å². The molecule has 0 radical (unpaired) electrons. The summed E-state index contributed by atoms with van der Waals surface area (Å²) in [4.78, 5) is 11.2. The first-order chi connectivity index (χ1) is 7.77. The minimum atomic E-state index is -0.103. The van der Waals surface area contributed by atoms with Gasteiger partial charge in [0.15, 0.2) is 0 Å². The Hall–Kier alpha value is -0.570. The molecule has 0 N–H and O–H groups in total. The molecule has 1 saturated carbocycles. The van der Waals surface area contributed by atoms with Gasteiger partial charge in [0, 0.05) is 6.61 Å². The second kappa shape index (κ2) is 7.66. The normalized spacial score (nSPS) is 24.6. The zero-order valence-corrected chi connectivity index (χ0v) is 10.5. The Bertz CT molecular complexity index is 203. The molecule has 0 bridgehead atoms. The Kier molecular flexibility index (Phi) is 6.46. The van der Waals surface area contributed by atoms with Crippen LogP contribution < -0.4 is 0 Å². The van der Waals surface area contributed by atoms with Crippen LogP contribution >= 0.6 is 0 Å². The van der Waals surface area contributed by atoms with Crippen LogP contribution in [0.5, 0.6) is 0 Å². The van der Waals surface area contributed by atoms with Gasteiger partial charge in [-0.2, -0.15) is 0 Å². The van der Waals surface area contributed by atoms with E-state index in [1.807, 2.05) is 0 Å². The number of carbonyl (C=O) groups is 1. The SMILES string of the molecule is CCCCCOC1CCCC1CC(=O)OC. The van der Waals surface area contributed by atoms with Gasteiger partial charge in [0.1, 0.15) is 0 Å². The highest BCUT2D eigenvalue weighted by Crippen LogP contribution is 2.31. The number of hydrogen-bond acceptors (Lipinski definition) is 3. The number of ether oxygens (including phenoxy) is 2. The number of carbonyl (C=O) groups excluding carboxylic acids is 1. The summed E-state index contributed by atoms with van der Waals surface area (Å²) < 4.78 is 10.6. The van der Waals surface area contributed by atoms with Crippen LogP contribution in [-0.4, -0.2) is 25.8 Å². The topological polar surface area (TPSA) is 35.5 Å². The molecule has 0 saturated heterocycles. The van der Waals surface area contributed by atoms with Gasteiger partial charge in [0.2, 0.25) is 0 Å². The lowest BCUT2D eigenvalue weighted by atomic mass is 10.0. The molecule has 1 rings (SSSR count). The minimum Gasteiger partial charge on any atom is -0.469 e. The largest absolute Gasteiger partial charge is 0.469 e. The van der Waals surface area contributed by atoms with Crippen molar-refractivity contribution in [2.45, 2.75) is 58.0 Å². The molecular formula is C13H24O3. The summed E-state index contributed by atoms with van der Waals surface area (Å²) in [6, 6.07) is 0. The van der Waals surface area contributed by atoms with E-state index in [0.717, 1.165) is 25.9 Å². The zero-order valence-electron chi connectivity index (χ0n) is 10.5. The van der Waals surface area contributed by atoms with E-state index < -0.39 is 0 Å². The van der Waals surface area contributed by atoms with Gasteiger partial charge < -0.3 is 9.47 Å². The molecule has 2 unspecified atom stereocenters. The number of unbranched alkanes of at least 4 members (excludes halogenated alkanes) is 2. The Labute approximate surface area is 98.5 Å². The maximum absolute atomic E-state index is 11.2. The van der Waals surface area contributed by atoms with Crippen molar-refractivity contribution < 1.29 is 14.3 Å². The first-order valence-electron chi connectivity index (χ1n) is 6.46. The fourth-order valence-electron chi connectivity index (χ4n) is 2.34. The summed E-state index contributed by atoms with van der Waals surface area (Å²) in [6.45, 7) is 3.03. The van der Waals surface area contributed by atoms with E-state index >= 15 is 0 Å². The Balaban J connectivity index is 2.20. The average Bonchev–Trinajstić information content (AvgIpc) is 2.72. The Morgan fingerprint density at radius 2 is 2.12 bits per heavy atom. The van der Waals surface area contributed by atoms with E-state index in [1.54, 1.807) is 0 Å². The third-order valence-electron chi connectivity index (χ3n) is 3.33. The lowest BCUT2D eigenvalue weighted by molar-refractivity contribution is -0.142. The highest BCUT2D eigenvalue weighted by molar-refractivity contribution is 5.69. The molecule has 1 aliphatic rings. The van der Waals surface area contributed by atoms with E-state index in [0.29, 0.717) is 12.3 Å². The highest BCUT2D eigenvalue weighted by Gasteiger charge is 2.29. The van der Waals surface area contributed by atoms with Crippen LogP contribution in [-0.2, 0) is 14.3 Å². The van der Waals surface area contributed by atoms with Crippen molar-refractivity contribution in [1.82, 2.24) is 0 Å². The van der Waals surface area contributed by atoms with Crippen LogP contribution in [0, 0.1) is 5.92 Å². The zero-order chi connectivity index (χ0) is 11.8. The van der Waals surface area contributed by atoms with Gasteiger partial charge in [0.25, 0.3) is 0 Å². The molecule has 3 heteroatoms. The summed E-state index contributed by atoms with van der Waals surface area (Å²) >= 11 is 0. The molecule has 0 heterocycles. The van der Waals surface area contributed by atoms with E-state index in [9.17, 15) is 4.79 Å². The molecular weight excluding hydrogens is 204 g/mol. The smallest absolute Gasteiger partial charge is 0.305 e. The van der Waals surface area contributed by atoms with Crippen LogP contribution in [0.25, 0.3) is 0 Å². The number of esters is 1. The van der Waals surface area contributed by atoms with Gasteiger partial charge in [-0.3, -0.25) is 4.79 Å². The predicted octanol–water partition coefficient (Wildman–Crippen LogP) is 2.93. The average molecular weight is 228 g/mol. The summed E-state index contributed by atoms with van der Waals surface area (Å²) in [5.74, 6) is 0.281. The number of methoxy groups -OCH3 is 1. The fourth-order valence-corrected chi connectivity index (χ4v) is 2.34. The van der Waals surface area contributed by atoms with Gasteiger partial charge >= 0.3 is 5.97 Å². The van der Waals surface area contributed by atoms with Gasteiger partial charge in [-0.1, -0.05) is 26.2 Å². The summed E-state index contributed by atoms with van der Waals surface area (Å²) in [5.41, 5.74) is 0. The van der Waals surface area contributed by atoms with Crippen LogP contribution in [0.4, 0.5) is 0 Å². The van der Waals surface area contributed by atoms with E-state index in [4.69, 9.17) is 9.47 Å². The maximum atomic E-state index is 11.2. The third-order valence-corrected chi connectivity index (χ3v) is 3.33. The standard InChI is InChI=1S/C13H24O3/c1-3-4-5-9-16-12-8-6-7-11(12)10-13(14)15-2/h11-12H,3-10H2,1-2H3. The van der Waals surface area contributed by atoms with Crippen molar-refractivity contribution in [2.75, 3.05) is 13.7 Å². The monoisotopic (exact) mass is 228 g/mol. The number of rotatable bonds is 7. The van der Waals surface area contributed by atoms with Crippen LogP contribution in [0.15, 0.2) is 0 Å². The molecule has 0 aliphatic heterocycles. The second-order valence-electron chi connectivity index (χ2n) is 4.59. The fraction of sp³-hybridized carbons (Fsp3) is 0.923. The second-order valence-corrected chi connectivity index (χ2v) is 4.59. The minimum absolute atomic E-state index is 0.103. The molecule has 0 amide bonds. The Morgan fingerprint density at radius 3 is 2.81 bits per heavy atom. The summed E-state index contributed by atoms with van der Waals surface area (Å²) in [5, 5.41) is 0. The Morgan fingerprint density at radius 1 is 1.31 bits per heavy atom. The first-order valence-corrected chi connectivity index (χ1v) is 6.46. The van der Waals surface area contributed by atoms with Gasteiger partial charge in [-0.25, -0.2) is 0 Å². The van der Waals surface area contributed by atoms with Crippen molar-refractivity contribution in [3.05, 3.63) is 0 Å². The number of hydrogen-bond donors (Lipinski definition) is 0. The maximum Gasteiger partial charge on any atom is 0.305 e.